The van der Waals surface area contributed by atoms with Crippen molar-refractivity contribution < 1.29 is 10.2 Å². The van der Waals surface area contributed by atoms with Crippen LogP contribution >= 0.6 is 23.8 Å². The lowest BCUT2D eigenvalue weighted by molar-refractivity contribution is 0.450. The minimum absolute atomic E-state index is 0.0265. The maximum atomic E-state index is 9.78. The summed E-state index contributed by atoms with van der Waals surface area (Å²) >= 11 is 11.1. The van der Waals surface area contributed by atoms with Gasteiger partial charge in [0, 0.05) is 22.2 Å². The molecule has 0 radical (unpaired) electrons. The van der Waals surface area contributed by atoms with Crippen LogP contribution in [0.2, 0.25) is 5.02 Å². The van der Waals surface area contributed by atoms with E-state index in [1.54, 1.807) is 30.3 Å². The third-order valence-electron chi connectivity index (χ3n) is 3.08. The van der Waals surface area contributed by atoms with Gasteiger partial charge in [-0.1, -0.05) is 11.6 Å². The zero-order chi connectivity index (χ0) is 16.4. The van der Waals surface area contributed by atoms with Gasteiger partial charge in [0.2, 0.25) is 4.77 Å². The standard InChI is InChI=1S/C15H11ClN4O2S/c16-11-4-1-9(2-5-11)14-18-19-15(23)20(14)17-8-10-3-6-12(21)7-13(10)22/h1-8,21-22H,(H,19,23)/b17-8-. The summed E-state index contributed by atoms with van der Waals surface area (Å²) in [5, 5.41) is 30.8. The van der Waals surface area contributed by atoms with Crippen LogP contribution in [-0.2, 0) is 0 Å². The van der Waals surface area contributed by atoms with Gasteiger partial charge in [0.1, 0.15) is 11.5 Å². The van der Waals surface area contributed by atoms with E-state index in [9.17, 15) is 10.2 Å². The minimum atomic E-state index is -0.0863. The maximum Gasteiger partial charge on any atom is 0.216 e. The maximum absolute atomic E-state index is 9.78. The van der Waals surface area contributed by atoms with Crippen LogP contribution in [0.4, 0.5) is 0 Å². The number of phenols is 2. The third-order valence-corrected chi connectivity index (χ3v) is 3.60. The van der Waals surface area contributed by atoms with Gasteiger partial charge in [-0.2, -0.15) is 14.9 Å². The zero-order valence-electron chi connectivity index (χ0n) is 11.6. The fourth-order valence-corrected chi connectivity index (χ4v) is 2.25. The molecular weight excluding hydrogens is 336 g/mol. The van der Waals surface area contributed by atoms with E-state index in [-0.39, 0.29) is 11.5 Å². The highest BCUT2D eigenvalue weighted by Gasteiger charge is 2.08. The van der Waals surface area contributed by atoms with E-state index in [1.807, 2.05) is 0 Å². The summed E-state index contributed by atoms with van der Waals surface area (Å²) in [4.78, 5) is 0. The molecule has 1 heterocycles. The van der Waals surface area contributed by atoms with Crippen molar-refractivity contribution >= 4 is 30.0 Å². The van der Waals surface area contributed by atoms with Crippen molar-refractivity contribution in [2.45, 2.75) is 0 Å². The summed E-state index contributed by atoms with van der Waals surface area (Å²) in [5.74, 6) is 0.402. The van der Waals surface area contributed by atoms with Gasteiger partial charge in [-0.3, -0.25) is 0 Å². The third kappa shape index (κ3) is 3.25. The fraction of sp³-hybridized carbons (Fsp3) is 0. The van der Waals surface area contributed by atoms with E-state index < -0.39 is 0 Å². The predicted molar refractivity (Wildman–Crippen MR) is 90.6 cm³/mol. The largest absolute Gasteiger partial charge is 0.508 e. The first-order chi connectivity index (χ1) is 11.0. The molecule has 3 N–H and O–H groups in total. The lowest BCUT2D eigenvalue weighted by Crippen LogP contribution is -1.95. The summed E-state index contributed by atoms with van der Waals surface area (Å²) in [6.07, 6.45) is 1.43. The quantitative estimate of drug-likeness (QED) is 0.500. The summed E-state index contributed by atoms with van der Waals surface area (Å²) in [5.41, 5.74) is 1.22. The van der Waals surface area contributed by atoms with Crippen molar-refractivity contribution in [2.24, 2.45) is 5.10 Å². The number of H-pyrrole nitrogens is 1. The van der Waals surface area contributed by atoms with Gasteiger partial charge in [-0.05, 0) is 48.6 Å². The molecule has 0 saturated carbocycles. The normalized spacial score (nSPS) is 11.2. The Morgan fingerprint density at radius 3 is 2.61 bits per heavy atom. The summed E-state index contributed by atoms with van der Waals surface area (Å²) < 4.78 is 1.75. The molecule has 0 fully saturated rings. The van der Waals surface area contributed by atoms with Crippen LogP contribution in [0.1, 0.15) is 5.56 Å². The monoisotopic (exact) mass is 346 g/mol. The predicted octanol–water partition coefficient (Wildman–Crippen LogP) is 3.55. The fourth-order valence-electron chi connectivity index (χ4n) is 1.95. The van der Waals surface area contributed by atoms with Gasteiger partial charge in [-0.25, -0.2) is 5.10 Å². The number of hydrogen-bond acceptors (Lipinski definition) is 5. The number of nitrogens with one attached hydrogen (secondary N) is 1. The molecule has 0 spiro atoms. The second-order valence-corrected chi connectivity index (χ2v) is 5.48. The SMILES string of the molecule is Oc1ccc(/C=N\n2c(-c3ccc(Cl)cc3)n[nH]c2=S)c(O)c1. The number of phenolic OH excluding ortho intramolecular Hbond substituents is 2. The topological polar surface area (TPSA) is 86.4 Å². The Balaban J connectivity index is 2.00. The van der Waals surface area contributed by atoms with Crippen molar-refractivity contribution in [3.8, 4) is 22.9 Å². The Labute approximate surface area is 141 Å². The Morgan fingerprint density at radius 1 is 1.17 bits per heavy atom. The van der Waals surface area contributed by atoms with Gasteiger partial charge >= 0.3 is 0 Å². The van der Waals surface area contributed by atoms with Gasteiger partial charge in [0.25, 0.3) is 0 Å². The van der Waals surface area contributed by atoms with Crippen molar-refractivity contribution in [2.75, 3.05) is 0 Å². The van der Waals surface area contributed by atoms with Gasteiger partial charge in [0.05, 0.1) is 6.21 Å². The van der Waals surface area contributed by atoms with Crippen LogP contribution in [0.5, 0.6) is 11.5 Å². The highest BCUT2D eigenvalue weighted by molar-refractivity contribution is 7.71. The van der Waals surface area contributed by atoms with Crippen LogP contribution in [0.3, 0.4) is 0 Å². The number of halogens is 1. The molecule has 116 valence electrons. The lowest BCUT2D eigenvalue weighted by atomic mass is 10.2. The van der Waals surface area contributed by atoms with E-state index in [4.69, 9.17) is 23.8 Å². The summed E-state index contributed by atoms with van der Waals surface area (Å²) in [7, 11) is 0. The van der Waals surface area contributed by atoms with Crippen molar-refractivity contribution in [3.05, 3.63) is 57.8 Å². The van der Waals surface area contributed by atoms with E-state index in [0.717, 1.165) is 5.56 Å². The first-order valence-electron chi connectivity index (χ1n) is 6.54. The molecule has 0 aliphatic heterocycles. The molecule has 0 amide bonds. The first kappa shape index (κ1) is 15.3. The smallest absolute Gasteiger partial charge is 0.216 e. The van der Waals surface area contributed by atoms with E-state index in [0.29, 0.717) is 21.2 Å². The molecule has 2 aromatic carbocycles. The molecule has 0 aliphatic rings. The second kappa shape index (κ2) is 6.23. The van der Waals surface area contributed by atoms with Crippen LogP contribution < -0.4 is 0 Å². The van der Waals surface area contributed by atoms with E-state index >= 15 is 0 Å². The van der Waals surface area contributed by atoms with Crippen molar-refractivity contribution in [1.29, 1.82) is 0 Å². The Bertz CT molecular complexity index is 931. The molecule has 0 atom stereocenters. The second-order valence-electron chi connectivity index (χ2n) is 4.66. The van der Waals surface area contributed by atoms with E-state index in [2.05, 4.69) is 15.3 Å². The Kier molecular flexibility index (Phi) is 4.14. The van der Waals surface area contributed by atoms with Crippen LogP contribution in [-0.4, -0.2) is 31.3 Å². The average molecular weight is 347 g/mol. The molecule has 8 heteroatoms. The average Bonchev–Trinajstić information content (AvgIpc) is 2.88. The molecule has 0 unspecified atom stereocenters. The lowest BCUT2D eigenvalue weighted by Gasteiger charge is -2.02. The van der Waals surface area contributed by atoms with Gasteiger partial charge in [-0.15, -0.1) is 0 Å². The van der Waals surface area contributed by atoms with Gasteiger partial charge < -0.3 is 10.2 Å². The molecule has 23 heavy (non-hydrogen) atoms. The van der Waals surface area contributed by atoms with Crippen molar-refractivity contribution in [1.82, 2.24) is 14.9 Å². The van der Waals surface area contributed by atoms with Crippen LogP contribution in [0.15, 0.2) is 47.6 Å². The highest BCUT2D eigenvalue weighted by atomic mass is 35.5. The zero-order valence-corrected chi connectivity index (χ0v) is 13.2. The molecule has 6 nitrogen and oxygen atoms in total. The summed E-state index contributed by atoms with van der Waals surface area (Å²) in [6.45, 7) is 0. The Hall–Kier alpha value is -2.64. The van der Waals surface area contributed by atoms with Crippen LogP contribution in [0.25, 0.3) is 11.4 Å². The number of aromatic hydroxyl groups is 2. The Morgan fingerprint density at radius 2 is 1.91 bits per heavy atom. The number of aromatic amines is 1. The number of aromatic nitrogens is 3. The number of benzene rings is 2. The van der Waals surface area contributed by atoms with Crippen LogP contribution in [0, 0.1) is 4.77 Å². The molecular formula is C15H11ClN4O2S. The van der Waals surface area contributed by atoms with Crippen molar-refractivity contribution in [3.63, 3.8) is 0 Å². The highest BCUT2D eigenvalue weighted by Crippen LogP contribution is 2.22. The number of rotatable bonds is 3. The number of hydrogen-bond donors (Lipinski definition) is 3. The molecule has 3 aromatic rings. The minimum Gasteiger partial charge on any atom is -0.508 e. The van der Waals surface area contributed by atoms with E-state index in [1.165, 1.54) is 23.0 Å². The van der Waals surface area contributed by atoms with Gasteiger partial charge in [0.15, 0.2) is 5.82 Å². The molecule has 0 aliphatic carbocycles. The molecule has 0 saturated heterocycles. The summed E-state index contributed by atoms with van der Waals surface area (Å²) in [6, 6.07) is 11.3. The first-order valence-corrected chi connectivity index (χ1v) is 7.33. The molecule has 1 aromatic heterocycles. The molecule has 0 bridgehead atoms. The number of nitrogens with zero attached hydrogens (tertiary/aromatic N) is 3. The molecule has 3 rings (SSSR count).